The normalized spacial score (nSPS) is 15.7. The second-order valence-corrected chi connectivity index (χ2v) is 10.7. The van der Waals surface area contributed by atoms with Gasteiger partial charge in [0, 0.05) is 15.5 Å². The van der Waals surface area contributed by atoms with Crippen molar-refractivity contribution < 1.29 is 28.4 Å². The van der Waals surface area contributed by atoms with E-state index in [0.29, 0.717) is 29.4 Å². The van der Waals surface area contributed by atoms with Crippen molar-refractivity contribution in [3.8, 4) is 22.6 Å². The van der Waals surface area contributed by atoms with Gasteiger partial charge in [-0.3, -0.25) is 9.59 Å². The van der Waals surface area contributed by atoms with Crippen LogP contribution in [0.5, 0.6) is 11.5 Å². The van der Waals surface area contributed by atoms with Crippen LogP contribution < -0.4 is 20.1 Å². The summed E-state index contributed by atoms with van der Waals surface area (Å²) >= 11 is 0. The molecule has 1 fully saturated rings. The summed E-state index contributed by atoms with van der Waals surface area (Å²) in [6, 6.07) is 18.7. The molecule has 2 amide bonds. The van der Waals surface area contributed by atoms with Crippen LogP contribution in [0.25, 0.3) is 11.1 Å². The van der Waals surface area contributed by atoms with E-state index in [1.54, 1.807) is 12.1 Å². The van der Waals surface area contributed by atoms with Gasteiger partial charge in [-0.2, -0.15) is 0 Å². The Hall–Kier alpha value is -3.84. The van der Waals surface area contributed by atoms with E-state index in [1.807, 2.05) is 55.5 Å². The van der Waals surface area contributed by atoms with Crippen molar-refractivity contribution in [3.05, 3.63) is 77.4 Å². The lowest BCUT2D eigenvalue weighted by Crippen LogP contribution is -2.38. The van der Waals surface area contributed by atoms with Crippen molar-refractivity contribution in [1.29, 1.82) is 0 Å². The van der Waals surface area contributed by atoms with E-state index in [-0.39, 0.29) is 35.5 Å². The van der Waals surface area contributed by atoms with Crippen LogP contribution in [0.15, 0.2) is 60.7 Å². The minimum absolute atomic E-state index is 0. The summed E-state index contributed by atoms with van der Waals surface area (Å²) in [7, 11) is 0. The first kappa shape index (κ1) is 25.8. The van der Waals surface area contributed by atoms with Crippen LogP contribution >= 0.6 is 0 Å². The number of benzene rings is 3. The average molecular weight is 521 g/mol. The van der Waals surface area contributed by atoms with Crippen LogP contribution in [0.2, 0.25) is 0 Å². The third kappa shape index (κ3) is 5.24. The molecule has 0 spiro atoms. The van der Waals surface area contributed by atoms with Gasteiger partial charge >= 0.3 is 0 Å². The zero-order valence-electron chi connectivity index (χ0n) is 22.0. The molecule has 1 aliphatic carbocycles. The van der Waals surface area contributed by atoms with Crippen molar-refractivity contribution in [2.24, 2.45) is 5.92 Å². The second kappa shape index (κ2) is 10.5. The molecule has 0 unspecified atom stereocenters. The van der Waals surface area contributed by atoms with Gasteiger partial charge in [-0.15, -0.1) is 0 Å². The molecule has 7 nitrogen and oxygen atoms in total. The van der Waals surface area contributed by atoms with Gasteiger partial charge in [0.2, 0.25) is 12.7 Å². The van der Waals surface area contributed by atoms with Crippen molar-refractivity contribution in [2.45, 2.75) is 51.5 Å². The highest BCUT2D eigenvalue weighted by atomic mass is 16.7. The van der Waals surface area contributed by atoms with E-state index in [4.69, 9.17) is 9.47 Å². The minimum Gasteiger partial charge on any atom is -0.454 e. The first-order valence-electron chi connectivity index (χ1n) is 13.1. The highest BCUT2D eigenvalue weighted by Crippen LogP contribution is 2.51. The Morgan fingerprint density at radius 3 is 2.42 bits per heavy atom. The fourth-order valence-corrected chi connectivity index (χ4v) is 5.05. The highest BCUT2D eigenvalue weighted by Gasteiger charge is 2.51. The lowest BCUT2D eigenvalue weighted by atomic mass is 9.94. The summed E-state index contributed by atoms with van der Waals surface area (Å²) in [6.07, 6.45) is 2.29. The fourth-order valence-electron chi connectivity index (χ4n) is 5.05. The molecular formula is C31H40N2O5. The minimum atomic E-state index is -0.553. The Labute approximate surface area is 227 Å². The average Bonchev–Trinajstić information content (AvgIpc) is 3.59. The zero-order chi connectivity index (χ0) is 26.9. The molecule has 3 aromatic carbocycles. The van der Waals surface area contributed by atoms with E-state index in [1.165, 1.54) is 0 Å². The third-order valence-corrected chi connectivity index (χ3v) is 7.37. The van der Waals surface area contributed by atoms with Gasteiger partial charge in [-0.1, -0.05) is 38.1 Å². The van der Waals surface area contributed by atoms with Crippen LogP contribution in [0.1, 0.15) is 58.9 Å². The maximum atomic E-state index is 13.4. The molecule has 3 N–H and O–H groups in total. The Morgan fingerprint density at radius 1 is 1.00 bits per heavy atom. The number of carbonyl (C=O) groups is 2. The number of fused-ring (bicyclic) bond motifs is 1. The van der Waals surface area contributed by atoms with Crippen LogP contribution in [0.3, 0.4) is 0 Å². The maximum absolute atomic E-state index is 13.4. The Kier molecular flexibility index (Phi) is 7.13. The van der Waals surface area contributed by atoms with E-state index in [2.05, 4.69) is 24.5 Å². The molecule has 7 heteroatoms. The topological polar surface area (TPSA) is 96.9 Å². The predicted octanol–water partition coefficient (Wildman–Crippen LogP) is 5.94. The van der Waals surface area contributed by atoms with Crippen molar-refractivity contribution in [3.63, 3.8) is 0 Å². The number of anilines is 1. The van der Waals surface area contributed by atoms with E-state index < -0.39 is 5.41 Å². The molecule has 3 aromatic rings. The van der Waals surface area contributed by atoms with Gasteiger partial charge < -0.3 is 25.2 Å². The molecule has 0 saturated heterocycles. The molecule has 0 bridgehead atoms. The summed E-state index contributed by atoms with van der Waals surface area (Å²) in [5.41, 5.74) is 4.65. The SMILES string of the molecule is Cc1ccc(NC(=O)C2(c3ccc4c(c3)OCO4)CC2)cc1-c1ccc(C(=O)N[C@H](CO)CC(C)C)cc1.[HH].[HH].[HH]. The Morgan fingerprint density at radius 2 is 1.74 bits per heavy atom. The number of nitrogens with one attached hydrogen (secondary N) is 2. The molecule has 1 aliphatic heterocycles. The number of ether oxygens (including phenoxy) is 2. The fraction of sp³-hybridized carbons (Fsp3) is 0.355. The quantitative estimate of drug-likeness (QED) is 0.325. The first-order chi connectivity index (χ1) is 18.3. The number of hydrogen-bond donors (Lipinski definition) is 3. The summed E-state index contributed by atoms with van der Waals surface area (Å²) in [6.45, 7) is 6.26. The standard InChI is InChI=1S/C31H34N2O5.3H2/c1-19(2)14-25(17-34)32-29(35)22-7-5-21(6-8-22)26-16-24(10-4-20(26)3)33-30(36)31(12-13-31)23-9-11-27-28(15-23)38-18-37-27;;;/h4-11,15-16,19,25,34H,12-14,17-18H2,1-3H3,(H,32,35)(H,33,36);3*1H/t25-;;;/m0.../s1. The van der Waals surface area contributed by atoms with E-state index in [0.717, 1.165) is 40.8 Å². The molecule has 1 heterocycles. The molecule has 38 heavy (non-hydrogen) atoms. The van der Waals surface area contributed by atoms with Crippen molar-refractivity contribution >= 4 is 17.5 Å². The lowest BCUT2D eigenvalue weighted by molar-refractivity contribution is -0.118. The molecule has 5 rings (SSSR count). The van der Waals surface area contributed by atoms with E-state index >= 15 is 0 Å². The first-order valence-corrected chi connectivity index (χ1v) is 13.1. The molecule has 0 radical (unpaired) electrons. The summed E-state index contributed by atoms with van der Waals surface area (Å²) in [5.74, 6) is 1.53. The molecule has 0 aromatic heterocycles. The lowest BCUT2D eigenvalue weighted by Gasteiger charge is -2.18. The van der Waals surface area contributed by atoms with Crippen molar-refractivity contribution in [1.82, 2.24) is 5.32 Å². The summed E-state index contributed by atoms with van der Waals surface area (Å²) in [5, 5.41) is 15.6. The Balaban J connectivity index is 0.00000196. The smallest absolute Gasteiger partial charge is 0.251 e. The zero-order valence-corrected chi connectivity index (χ0v) is 22.0. The van der Waals surface area contributed by atoms with Gasteiger partial charge in [0.25, 0.3) is 5.91 Å². The van der Waals surface area contributed by atoms with E-state index in [9.17, 15) is 14.7 Å². The maximum Gasteiger partial charge on any atom is 0.251 e. The van der Waals surface area contributed by atoms with Gasteiger partial charge in [0.1, 0.15) is 0 Å². The molecule has 1 atom stereocenters. The number of carbonyl (C=O) groups excluding carboxylic acids is 2. The van der Waals surface area contributed by atoms with Crippen LogP contribution in [0.4, 0.5) is 5.69 Å². The molecule has 2 aliphatic rings. The van der Waals surface area contributed by atoms with Crippen molar-refractivity contribution in [2.75, 3.05) is 18.7 Å². The Bertz CT molecular complexity index is 1360. The number of rotatable bonds is 9. The number of aliphatic hydroxyl groups is 1. The third-order valence-electron chi connectivity index (χ3n) is 7.37. The summed E-state index contributed by atoms with van der Waals surface area (Å²) < 4.78 is 10.9. The molecular weight excluding hydrogens is 480 g/mol. The summed E-state index contributed by atoms with van der Waals surface area (Å²) in [4.78, 5) is 26.1. The molecule has 204 valence electrons. The van der Waals surface area contributed by atoms with Crippen LogP contribution in [0, 0.1) is 12.8 Å². The van der Waals surface area contributed by atoms with Gasteiger partial charge in [0.05, 0.1) is 18.1 Å². The second-order valence-electron chi connectivity index (χ2n) is 10.7. The number of aliphatic hydroxyl groups excluding tert-OH is 1. The highest BCUT2D eigenvalue weighted by molar-refractivity contribution is 6.02. The van der Waals surface area contributed by atoms with Crippen LogP contribution in [-0.4, -0.2) is 36.4 Å². The van der Waals surface area contributed by atoms with Gasteiger partial charge in [0.15, 0.2) is 11.5 Å². The van der Waals surface area contributed by atoms with Crippen LogP contribution in [-0.2, 0) is 10.2 Å². The van der Waals surface area contributed by atoms with Gasteiger partial charge in [-0.25, -0.2) is 0 Å². The largest absolute Gasteiger partial charge is 0.454 e. The predicted molar refractivity (Wildman–Crippen MR) is 153 cm³/mol. The van der Waals surface area contributed by atoms with Gasteiger partial charge in [-0.05, 0) is 90.8 Å². The number of aryl methyl sites for hydroxylation is 1. The number of amides is 2. The number of hydrogen-bond acceptors (Lipinski definition) is 5. The monoisotopic (exact) mass is 520 g/mol. The molecule has 1 saturated carbocycles.